The van der Waals surface area contributed by atoms with Crippen LogP contribution >= 0.6 is 0 Å². The Balaban J connectivity index is 2.21. The average Bonchev–Trinajstić information content (AvgIpc) is 2.68. The zero-order valence-corrected chi connectivity index (χ0v) is 9.94. The van der Waals surface area contributed by atoms with E-state index in [1.807, 2.05) is 19.1 Å². The third-order valence-corrected chi connectivity index (χ3v) is 2.68. The molecule has 0 amide bonds. The highest BCUT2D eigenvalue weighted by Crippen LogP contribution is 2.03. The molecule has 2 rings (SSSR count). The first-order chi connectivity index (χ1) is 7.70. The van der Waals surface area contributed by atoms with E-state index in [-0.39, 0.29) is 0 Å². The number of nitrogens with zero attached hydrogens (tertiary/aromatic N) is 4. The fourth-order valence-electron chi connectivity index (χ4n) is 1.45. The van der Waals surface area contributed by atoms with Gasteiger partial charge in [-0.1, -0.05) is 6.92 Å². The van der Waals surface area contributed by atoms with Crippen LogP contribution in [0, 0.1) is 6.92 Å². The van der Waals surface area contributed by atoms with E-state index >= 15 is 0 Å². The first-order valence-corrected chi connectivity index (χ1v) is 5.62. The average molecular weight is 219 g/mol. The Hall–Kier alpha value is -1.49. The maximum Gasteiger partial charge on any atom is 0.177 e. The van der Waals surface area contributed by atoms with Crippen molar-refractivity contribution in [2.75, 3.05) is 0 Å². The highest BCUT2D eigenvalue weighted by Gasteiger charge is 2.07. The highest BCUT2D eigenvalue weighted by atomic mass is 15.4. The van der Waals surface area contributed by atoms with Crippen molar-refractivity contribution in [3.05, 3.63) is 23.7 Å². The maximum absolute atomic E-state index is 4.39. The van der Waals surface area contributed by atoms with Crippen LogP contribution in [-0.4, -0.2) is 25.9 Å². The molecule has 0 fully saturated rings. The van der Waals surface area contributed by atoms with Crippen LogP contribution in [-0.2, 0) is 6.54 Å². The lowest BCUT2D eigenvalue weighted by molar-refractivity contribution is 0.517. The summed E-state index contributed by atoms with van der Waals surface area (Å²) in [6.45, 7) is 6.97. The standard InChI is InChI=1S/C11H17N5/c1-4-8(2)12-7-11-14-13-10-6-5-9(3)15-16(10)11/h5-6,8,12H,4,7H2,1-3H3. The zero-order valence-electron chi connectivity index (χ0n) is 9.94. The van der Waals surface area contributed by atoms with Crippen LogP contribution in [0.2, 0.25) is 0 Å². The summed E-state index contributed by atoms with van der Waals surface area (Å²) in [4.78, 5) is 0. The van der Waals surface area contributed by atoms with Gasteiger partial charge in [-0.3, -0.25) is 0 Å². The molecule has 0 bridgehead atoms. The molecule has 0 saturated carbocycles. The van der Waals surface area contributed by atoms with Crippen LogP contribution in [0.15, 0.2) is 12.1 Å². The lowest BCUT2D eigenvalue weighted by Crippen LogP contribution is -2.25. The summed E-state index contributed by atoms with van der Waals surface area (Å²) in [6.07, 6.45) is 1.10. The van der Waals surface area contributed by atoms with Crippen molar-refractivity contribution < 1.29 is 0 Å². The number of aromatic nitrogens is 4. The molecule has 5 heteroatoms. The molecule has 1 unspecified atom stereocenters. The smallest absolute Gasteiger partial charge is 0.177 e. The van der Waals surface area contributed by atoms with Crippen molar-refractivity contribution in [2.24, 2.45) is 0 Å². The van der Waals surface area contributed by atoms with Gasteiger partial charge in [0.1, 0.15) is 0 Å². The van der Waals surface area contributed by atoms with Crippen LogP contribution in [0.3, 0.4) is 0 Å². The van der Waals surface area contributed by atoms with Gasteiger partial charge in [0, 0.05) is 6.04 Å². The maximum atomic E-state index is 4.39. The lowest BCUT2D eigenvalue weighted by atomic mass is 10.2. The van der Waals surface area contributed by atoms with Crippen molar-refractivity contribution in [1.29, 1.82) is 0 Å². The largest absolute Gasteiger partial charge is 0.307 e. The SMILES string of the molecule is CCC(C)NCc1nnc2ccc(C)nn12. The Kier molecular flexibility index (Phi) is 3.14. The molecular weight excluding hydrogens is 202 g/mol. The summed E-state index contributed by atoms with van der Waals surface area (Å²) in [5.74, 6) is 0.860. The molecule has 5 nitrogen and oxygen atoms in total. The molecule has 2 aromatic rings. The van der Waals surface area contributed by atoms with Crippen LogP contribution in [0.25, 0.3) is 5.65 Å². The summed E-state index contributed by atoms with van der Waals surface area (Å²) >= 11 is 0. The summed E-state index contributed by atoms with van der Waals surface area (Å²) in [6, 6.07) is 4.36. The van der Waals surface area contributed by atoms with E-state index < -0.39 is 0 Å². The van der Waals surface area contributed by atoms with Gasteiger partial charge >= 0.3 is 0 Å². The Morgan fingerprint density at radius 2 is 2.19 bits per heavy atom. The van der Waals surface area contributed by atoms with Gasteiger partial charge in [-0.25, -0.2) is 0 Å². The second kappa shape index (κ2) is 4.57. The van der Waals surface area contributed by atoms with Gasteiger partial charge in [0.15, 0.2) is 11.5 Å². The van der Waals surface area contributed by atoms with Crippen LogP contribution in [0.4, 0.5) is 0 Å². The molecule has 86 valence electrons. The molecule has 0 saturated heterocycles. The molecule has 1 N–H and O–H groups in total. The summed E-state index contributed by atoms with van der Waals surface area (Å²) in [5, 5.41) is 16.0. The predicted molar refractivity (Wildman–Crippen MR) is 62.1 cm³/mol. The molecule has 0 aliphatic rings. The Bertz CT molecular complexity index is 476. The van der Waals surface area contributed by atoms with E-state index in [1.54, 1.807) is 4.52 Å². The minimum Gasteiger partial charge on any atom is -0.307 e. The second-order valence-corrected chi connectivity index (χ2v) is 4.05. The van der Waals surface area contributed by atoms with E-state index in [0.717, 1.165) is 23.6 Å². The fourth-order valence-corrected chi connectivity index (χ4v) is 1.45. The molecule has 2 heterocycles. The van der Waals surface area contributed by atoms with Gasteiger partial charge in [0.05, 0.1) is 12.2 Å². The number of aryl methyl sites for hydroxylation is 1. The van der Waals surface area contributed by atoms with Gasteiger partial charge in [-0.2, -0.15) is 9.61 Å². The topological polar surface area (TPSA) is 55.1 Å². The Morgan fingerprint density at radius 3 is 2.94 bits per heavy atom. The molecule has 0 aliphatic heterocycles. The predicted octanol–water partition coefficient (Wildman–Crippen LogP) is 1.32. The molecular formula is C11H17N5. The van der Waals surface area contributed by atoms with E-state index in [1.165, 1.54) is 0 Å². The first-order valence-electron chi connectivity index (χ1n) is 5.62. The number of hydrogen-bond acceptors (Lipinski definition) is 4. The van der Waals surface area contributed by atoms with Crippen LogP contribution < -0.4 is 5.32 Å². The monoisotopic (exact) mass is 219 g/mol. The minimum absolute atomic E-state index is 0.483. The molecule has 16 heavy (non-hydrogen) atoms. The number of fused-ring (bicyclic) bond motifs is 1. The van der Waals surface area contributed by atoms with Gasteiger partial charge in [0.2, 0.25) is 0 Å². The van der Waals surface area contributed by atoms with Crippen molar-refractivity contribution in [3.63, 3.8) is 0 Å². The molecule has 0 radical (unpaired) electrons. The van der Waals surface area contributed by atoms with E-state index in [2.05, 4.69) is 34.5 Å². The number of rotatable bonds is 4. The summed E-state index contributed by atoms with van der Waals surface area (Å²) in [7, 11) is 0. The second-order valence-electron chi connectivity index (χ2n) is 4.05. The van der Waals surface area contributed by atoms with E-state index in [4.69, 9.17) is 0 Å². The van der Waals surface area contributed by atoms with Crippen molar-refractivity contribution in [2.45, 2.75) is 39.8 Å². The molecule has 2 aromatic heterocycles. The first kappa shape index (κ1) is 11.0. The van der Waals surface area contributed by atoms with Crippen molar-refractivity contribution in [1.82, 2.24) is 25.1 Å². The van der Waals surface area contributed by atoms with Gasteiger partial charge in [0.25, 0.3) is 0 Å². The van der Waals surface area contributed by atoms with Crippen molar-refractivity contribution in [3.8, 4) is 0 Å². The minimum atomic E-state index is 0.483. The lowest BCUT2D eigenvalue weighted by Gasteiger charge is -2.09. The molecule has 0 aromatic carbocycles. The van der Waals surface area contributed by atoms with E-state index in [0.29, 0.717) is 12.6 Å². The van der Waals surface area contributed by atoms with Crippen molar-refractivity contribution >= 4 is 5.65 Å². The number of hydrogen-bond donors (Lipinski definition) is 1. The third kappa shape index (κ3) is 2.19. The highest BCUT2D eigenvalue weighted by molar-refractivity contribution is 5.35. The fraction of sp³-hybridized carbons (Fsp3) is 0.545. The van der Waals surface area contributed by atoms with Gasteiger partial charge in [-0.05, 0) is 32.4 Å². The molecule has 0 aliphatic carbocycles. The number of nitrogens with one attached hydrogen (secondary N) is 1. The van der Waals surface area contributed by atoms with Crippen LogP contribution in [0.1, 0.15) is 31.8 Å². The third-order valence-electron chi connectivity index (χ3n) is 2.68. The molecule has 0 spiro atoms. The van der Waals surface area contributed by atoms with Gasteiger partial charge in [-0.15, -0.1) is 10.2 Å². The van der Waals surface area contributed by atoms with E-state index in [9.17, 15) is 0 Å². The zero-order chi connectivity index (χ0) is 11.5. The molecule has 1 atom stereocenters. The van der Waals surface area contributed by atoms with Crippen LogP contribution in [0.5, 0.6) is 0 Å². The quantitative estimate of drug-likeness (QED) is 0.842. The summed E-state index contributed by atoms with van der Waals surface area (Å²) in [5.41, 5.74) is 1.77. The normalized spacial score (nSPS) is 13.2. The summed E-state index contributed by atoms with van der Waals surface area (Å²) < 4.78 is 1.80. The Morgan fingerprint density at radius 1 is 1.38 bits per heavy atom. The Labute approximate surface area is 94.9 Å². The van der Waals surface area contributed by atoms with Gasteiger partial charge < -0.3 is 5.32 Å².